The zero-order valence-electron chi connectivity index (χ0n) is 17.5. The summed E-state index contributed by atoms with van der Waals surface area (Å²) in [6.07, 6.45) is 4.26. The molecule has 1 heterocycles. The van der Waals surface area contributed by atoms with Crippen molar-refractivity contribution in [3.63, 3.8) is 0 Å². The van der Waals surface area contributed by atoms with Gasteiger partial charge >= 0.3 is 0 Å². The van der Waals surface area contributed by atoms with Gasteiger partial charge in [0.15, 0.2) is 11.5 Å². The average Bonchev–Trinajstić information content (AvgIpc) is 3.29. The molecular weight excluding hydrogens is 400 g/mol. The maximum absolute atomic E-state index is 12.4. The van der Waals surface area contributed by atoms with Gasteiger partial charge in [0, 0.05) is 18.2 Å². The molecule has 0 aliphatic heterocycles. The van der Waals surface area contributed by atoms with Crippen LogP contribution in [-0.2, 0) is 11.2 Å². The van der Waals surface area contributed by atoms with Gasteiger partial charge in [0.25, 0.3) is 5.91 Å². The van der Waals surface area contributed by atoms with E-state index < -0.39 is 5.91 Å². The Morgan fingerprint density at radius 1 is 0.968 bits per heavy atom. The second-order valence-electron chi connectivity index (χ2n) is 6.55. The topological polar surface area (TPSA) is 104 Å². The van der Waals surface area contributed by atoms with Crippen LogP contribution in [0.1, 0.15) is 22.3 Å². The summed E-state index contributed by atoms with van der Waals surface area (Å²) in [6, 6.07) is 12.7. The number of nitrogens with zero attached hydrogens (tertiary/aromatic N) is 2. The molecule has 2 N–H and O–H groups in total. The predicted octanol–water partition coefficient (Wildman–Crippen LogP) is 2.29. The minimum Gasteiger partial charge on any atom is -0.493 e. The van der Waals surface area contributed by atoms with Crippen LogP contribution < -0.4 is 25.1 Å². The van der Waals surface area contributed by atoms with Crippen LogP contribution in [0.2, 0.25) is 0 Å². The molecule has 162 valence electrons. The van der Waals surface area contributed by atoms with Crippen molar-refractivity contribution in [2.45, 2.75) is 12.8 Å². The molecule has 3 aromatic rings. The van der Waals surface area contributed by atoms with Crippen LogP contribution in [0, 0.1) is 0 Å². The van der Waals surface area contributed by atoms with Gasteiger partial charge in [-0.05, 0) is 36.2 Å². The third kappa shape index (κ3) is 5.33. The molecule has 0 saturated heterocycles. The van der Waals surface area contributed by atoms with Gasteiger partial charge in [0.05, 0.1) is 33.2 Å². The highest BCUT2D eigenvalue weighted by Crippen LogP contribution is 2.38. The van der Waals surface area contributed by atoms with Gasteiger partial charge in [0.1, 0.15) is 0 Å². The van der Waals surface area contributed by atoms with Gasteiger partial charge in [-0.1, -0.05) is 18.2 Å². The molecule has 0 fully saturated rings. The summed E-state index contributed by atoms with van der Waals surface area (Å²) in [4.78, 5) is 24.6. The first kappa shape index (κ1) is 21.7. The number of carbonyl (C=O) groups is 2. The zero-order valence-corrected chi connectivity index (χ0v) is 17.5. The minimum atomic E-state index is -0.510. The summed E-state index contributed by atoms with van der Waals surface area (Å²) < 4.78 is 17.5. The number of para-hydroxylation sites is 1. The van der Waals surface area contributed by atoms with E-state index in [1.807, 2.05) is 36.5 Å². The van der Waals surface area contributed by atoms with Crippen LogP contribution in [0.5, 0.6) is 17.2 Å². The van der Waals surface area contributed by atoms with Gasteiger partial charge in [-0.15, -0.1) is 0 Å². The van der Waals surface area contributed by atoms with E-state index in [0.29, 0.717) is 23.7 Å². The SMILES string of the molecule is COc1cc(C(=O)NNC(=O)CCc2cnn(-c3ccccc3)c2)cc(OC)c1OC. The highest BCUT2D eigenvalue weighted by molar-refractivity contribution is 5.96. The van der Waals surface area contributed by atoms with Crippen LogP contribution >= 0.6 is 0 Å². The van der Waals surface area contributed by atoms with Crippen molar-refractivity contribution < 1.29 is 23.8 Å². The van der Waals surface area contributed by atoms with E-state index in [-0.39, 0.29) is 17.9 Å². The van der Waals surface area contributed by atoms with Gasteiger partial charge < -0.3 is 14.2 Å². The van der Waals surface area contributed by atoms with E-state index in [4.69, 9.17) is 14.2 Å². The summed E-state index contributed by atoms with van der Waals surface area (Å²) >= 11 is 0. The summed E-state index contributed by atoms with van der Waals surface area (Å²) in [5, 5.41) is 4.31. The van der Waals surface area contributed by atoms with E-state index in [9.17, 15) is 9.59 Å². The maximum Gasteiger partial charge on any atom is 0.269 e. The van der Waals surface area contributed by atoms with Gasteiger partial charge in [0.2, 0.25) is 11.7 Å². The second-order valence-corrected chi connectivity index (χ2v) is 6.55. The molecule has 0 bridgehead atoms. The summed E-state index contributed by atoms with van der Waals surface area (Å²) in [7, 11) is 4.39. The molecule has 2 amide bonds. The molecule has 0 unspecified atom stereocenters. The van der Waals surface area contributed by atoms with Crippen LogP contribution in [-0.4, -0.2) is 42.9 Å². The number of carbonyl (C=O) groups excluding carboxylic acids is 2. The molecule has 9 heteroatoms. The van der Waals surface area contributed by atoms with Crippen molar-refractivity contribution in [2.24, 2.45) is 0 Å². The molecule has 9 nitrogen and oxygen atoms in total. The number of benzene rings is 2. The fraction of sp³-hybridized carbons (Fsp3) is 0.227. The maximum atomic E-state index is 12.4. The number of ether oxygens (including phenoxy) is 3. The normalized spacial score (nSPS) is 10.3. The first-order valence-electron chi connectivity index (χ1n) is 9.54. The van der Waals surface area contributed by atoms with Gasteiger partial charge in [-0.3, -0.25) is 20.4 Å². The first-order chi connectivity index (χ1) is 15.0. The monoisotopic (exact) mass is 424 g/mol. The van der Waals surface area contributed by atoms with Crippen LogP contribution in [0.4, 0.5) is 0 Å². The Morgan fingerprint density at radius 2 is 1.65 bits per heavy atom. The van der Waals surface area contributed by atoms with Crippen molar-refractivity contribution in [2.75, 3.05) is 21.3 Å². The highest BCUT2D eigenvalue weighted by atomic mass is 16.5. The lowest BCUT2D eigenvalue weighted by Gasteiger charge is -2.14. The number of rotatable bonds is 8. The van der Waals surface area contributed by atoms with Crippen molar-refractivity contribution in [1.82, 2.24) is 20.6 Å². The van der Waals surface area contributed by atoms with Crippen LogP contribution in [0.25, 0.3) is 5.69 Å². The number of methoxy groups -OCH3 is 3. The van der Waals surface area contributed by atoms with E-state index in [1.54, 1.807) is 10.9 Å². The molecule has 31 heavy (non-hydrogen) atoms. The van der Waals surface area contributed by atoms with Crippen molar-refractivity contribution in [1.29, 1.82) is 0 Å². The third-order valence-electron chi connectivity index (χ3n) is 4.54. The lowest BCUT2D eigenvalue weighted by molar-refractivity contribution is -0.121. The average molecular weight is 424 g/mol. The number of amides is 2. The largest absolute Gasteiger partial charge is 0.493 e. The van der Waals surface area contributed by atoms with Crippen molar-refractivity contribution >= 4 is 11.8 Å². The van der Waals surface area contributed by atoms with Gasteiger partial charge in [-0.2, -0.15) is 5.10 Å². The number of nitrogens with one attached hydrogen (secondary N) is 2. The Bertz CT molecular complexity index is 1020. The number of hydrazine groups is 1. The molecule has 1 aromatic heterocycles. The Labute approximate surface area is 179 Å². The fourth-order valence-corrected chi connectivity index (χ4v) is 2.94. The van der Waals surface area contributed by atoms with Crippen LogP contribution in [0.3, 0.4) is 0 Å². The van der Waals surface area contributed by atoms with Crippen LogP contribution in [0.15, 0.2) is 54.9 Å². The summed E-state index contributed by atoms with van der Waals surface area (Å²) in [5.74, 6) is 0.224. The fourth-order valence-electron chi connectivity index (χ4n) is 2.94. The molecule has 0 aliphatic rings. The number of hydrogen-bond acceptors (Lipinski definition) is 6. The van der Waals surface area contributed by atoms with Crippen molar-refractivity contribution in [3.05, 3.63) is 66.0 Å². The number of hydrogen-bond donors (Lipinski definition) is 2. The molecule has 0 radical (unpaired) electrons. The Hall–Kier alpha value is -4.01. The summed E-state index contributed by atoms with van der Waals surface area (Å²) in [5.41, 5.74) is 6.91. The molecule has 0 saturated carbocycles. The van der Waals surface area contributed by atoms with E-state index in [1.165, 1.54) is 33.5 Å². The van der Waals surface area contributed by atoms with Gasteiger partial charge in [-0.25, -0.2) is 4.68 Å². The van der Waals surface area contributed by atoms with E-state index in [0.717, 1.165) is 11.3 Å². The zero-order chi connectivity index (χ0) is 22.2. The van der Waals surface area contributed by atoms with E-state index in [2.05, 4.69) is 16.0 Å². The molecular formula is C22H24N4O5. The molecule has 3 rings (SSSR count). The molecule has 0 aliphatic carbocycles. The van der Waals surface area contributed by atoms with E-state index >= 15 is 0 Å². The first-order valence-corrected chi connectivity index (χ1v) is 9.54. The lowest BCUT2D eigenvalue weighted by Crippen LogP contribution is -2.41. The quantitative estimate of drug-likeness (QED) is 0.538. The minimum absolute atomic E-state index is 0.190. The smallest absolute Gasteiger partial charge is 0.269 e. The highest BCUT2D eigenvalue weighted by Gasteiger charge is 2.17. The summed E-state index contributed by atoms with van der Waals surface area (Å²) in [6.45, 7) is 0. The Balaban J connectivity index is 1.54. The Kier molecular flexibility index (Phi) is 7.10. The Morgan fingerprint density at radius 3 is 2.26 bits per heavy atom. The third-order valence-corrected chi connectivity index (χ3v) is 4.54. The molecule has 0 atom stereocenters. The second kappa shape index (κ2) is 10.1. The number of aryl methyl sites for hydroxylation is 1. The standard InChI is InChI=1S/C22H24N4O5/c1-29-18-11-16(12-19(30-2)21(18)31-3)22(28)25-24-20(27)10-9-15-13-23-26(14-15)17-7-5-4-6-8-17/h4-8,11-14H,9-10H2,1-3H3,(H,24,27)(H,25,28). The lowest BCUT2D eigenvalue weighted by atomic mass is 10.1. The number of aromatic nitrogens is 2. The van der Waals surface area contributed by atoms with Crippen molar-refractivity contribution in [3.8, 4) is 22.9 Å². The molecule has 0 spiro atoms. The predicted molar refractivity (Wildman–Crippen MR) is 114 cm³/mol. The molecule has 2 aromatic carbocycles.